The fraction of sp³-hybridized carbons (Fsp3) is 0.0588. The predicted octanol–water partition coefficient (Wildman–Crippen LogP) is 2.56. The number of H-pyrrole nitrogens is 1. The van der Waals surface area contributed by atoms with Crippen LogP contribution in [0.5, 0.6) is 0 Å². The molecule has 2 aromatic heterocycles. The molecule has 1 aromatic carbocycles. The maximum absolute atomic E-state index is 11.9. The molecule has 7 heteroatoms. The number of aromatic amines is 1. The van der Waals surface area contributed by atoms with Gasteiger partial charge in [-0.05, 0) is 12.1 Å². The summed E-state index contributed by atoms with van der Waals surface area (Å²) in [7, 11) is 0. The van der Waals surface area contributed by atoms with Crippen molar-refractivity contribution in [2.24, 2.45) is 0 Å². The van der Waals surface area contributed by atoms with Gasteiger partial charge in [0.1, 0.15) is 5.82 Å². The minimum absolute atomic E-state index is 0.123. The fourth-order valence-corrected chi connectivity index (χ4v) is 2.69. The molecule has 3 rings (SSSR count). The zero-order valence-electron chi connectivity index (χ0n) is 12.6. The molecule has 2 heterocycles. The molecule has 6 nitrogen and oxygen atoms in total. The average Bonchev–Trinajstić information content (AvgIpc) is 2.61. The first-order valence-corrected chi connectivity index (χ1v) is 8.20. The van der Waals surface area contributed by atoms with Crippen LogP contribution in [0.4, 0.5) is 5.82 Å². The van der Waals surface area contributed by atoms with E-state index in [1.54, 1.807) is 24.4 Å². The van der Waals surface area contributed by atoms with Gasteiger partial charge in [-0.25, -0.2) is 9.97 Å². The number of nitrogens with zero attached hydrogens (tertiary/aromatic N) is 2. The van der Waals surface area contributed by atoms with Crippen LogP contribution >= 0.6 is 11.8 Å². The molecule has 120 valence electrons. The summed E-state index contributed by atoms with van der Waals surface area (Å²) in [4.78, 5) is 34.8. The highest BCUT2D eigenvalue weighted by Crippen LogP contribution is 2.18. The Morgan fingerprint density at radius 3 is 2.67 bits per heavy atom. The lowest BCUT2D eigenvalue weighted by molar-refractivity contribution is -0.113. The summed E-state index contributed by atoms with van der Waals surface area (Å²) in [6.45, 7) is 0. The van der Waals surface area contributed by atoms with Gasteiger partial charge in [0, 0.05) is 17.8 Å². The number of amides is 1. The average molecular weight is 338 g/mol. The van der Waals surface area contributed by atoms with E-state index in [1.165, 1.54) is 6.07 Å². The number of carbonyl (C=O) groups is 1. The molecule has 3 aromatic rings. The summed E-state index contributed by atoms with van der Waals surface area (Å²) in [5.41, 5.74) is 1.17. The van der Waals surface area contributed by atoms with Crippen LogP contribution in [-0.2, 0) is 4.79 Å². The molecule has 0 unspecified atom stereocenters. The summed E-state index contributed by atoms with van der Waals surface area (Å²) >= 11 is 1.16. The highest BCUT2D eigenvalue weighted by molar-refractivity contribution is 7.99. The van der Waals surface area contributed by atoms with Gasteiger partial charge in [-0.2, -0.15) is 0 Å². The third kappa shape index (κ3) is 4.30. The van der Waals surface area contributed by atoms with Crippen LogP contribution in [0.2, 0.25) is 0 Å². The molecule has 0 saturated heterocycles. The Hall–Kier alpha value is -2.93. The molecular weight excluding hydrogens is 324 g/mol. The smallest absolute Gasteiger partial charge is 0.252 e. The highest BCUT2D eigenvalue weighted by atomic mass is 32.2. The Labute approximate surface area is 142 Å². The van der Waals surface area contributed by atoms with Crippen molar-refractivity contribution >= 4 is 23.5 Å². The lowest BCUT2D eigenvalue weighted by Gasteiger charge is -2.05. The number of hydrogen-bond acceptors (Lipinski definition) is 5. The second kappa shape index (κ2) is 7.56. The number of aromatic nitrogens is 3. The van der Waals surface area contributed by atoms with Gasteiger partial charge in [0.05, 0.1) is 11.4 Å². The van der Waals surface area contributed by atoms with Crippen LogP contribution < -0.4 is 10.9 Å². The number of anilines is 1. The van der Waals surface area contributed by atoms with E-state index in [0.717, 1.165) is 17.3 Å². The Morgan fingerprint density at radius 2 is 1.92 bits per heavy atom. The summed E-state index contributed by atoms with van der Waals surface area (Å²) in [5, 5.41) is 3.08. The molecule has 0 fully saturated rings. The lowest BCUT2D eigenvalue weighted by atomic mass is 10.1. The van der Waals surface area contributed by atoms with Crippen LogP contribution in [0.15, 0.2) is 70.7 Å². The van der Waals surface area contributed by atoms with Crippen LogP contribution in [0.3, 0.4) is 0 Å². The number of hydrogen-bond donors (Lipinski definition) is 2. The normalized spacial score (nSPS) is 10.3. The molecule has 0 aliphatic carbocycles. The quantitative estimate of drug-likeness (QED) is 0.551. The Balaban J connectivity index is 1.68. The van der Waals surface area contributed by atoms with Gasteiger partial charge in [-0.15, -0.1) is 0 Å². The van der Waals surface area contributed by atoms with Gasteiger partial charge >= 0.3 is 0 Å². The van der Waals surface area contributed by atoms with Crippen LogP contribution in [0.1, 0.15) is 0 Å². The Bertz CT molecular complexity index is 882. The molecule has 0 aliphatic heterocycles. The van der Waals surface area contributed by atoms with E-state index < -0.39 is 0 Å². The van der Waals surface area contributed by atoms with Gasteiger partial charge in [0.2, 0.25) is 5.91 Å². The number of nitrogens with one attached hydrogen (secondary N) is 2. The van der Waals surface area contributed by atoms with Gasteiger partial charge in [-0.3, -0.25) is 9.59 Å². The number of benzene rings is 1. The molecule has 0 spiro atoms. The fourth-order valence-electron chi connectivity index (χ4n) is 2.01. The van der Waals surface area contributed by atoms with Crippen LogP contribution in [0, 0.1) is 0 Å². The molecule has 0 bridgehead atoms. The monoisotopic (exact) mass is 338 g/mol. The first-order valence-electron chi connectivity index (χ1n) is 7.21. The number of thioether (sulfide) groups is 1. The predicted molar refractivity (Wildman–Crippen MR) is 93.9 cm³/mol. The van der Waals surface area contributed by atoms with Crippen molar-refractivity contribution < 1.29 is 4.79 Å². The summed E-state index contributed by atoms with van der Waals surface area (Å²) in [6.07, 6.45) is 1.60. The van der Waals surface area contributed by atoms with Gasteiger partial charge in [0.15, 0.2) is 5.16 Å². The largest absolute Gasteiger partial charge is 0.310 e. The van der Waals surface area contributed by atoms with Crippen molar-refractivity contribution in [3.8, 4) is 11.3 Å². The zero-order valence-corrected chi connectivity index (χ0v) is 13.4. The van der Waals surface area contributed by atoms with E-state index >= 15 is 0 Å². The second-order valence-electron chi connectivity index (χ2n) is 4.85. The van der Waals surface area contributed by atoms with E-state index in [0.29, 0.717) is 16.7 Å². The summed E-state index contributed by atoms with van der Waals surface area (Å²) in [5.74, 6) is 0.395. The third-order valence-corrected chi connectivity index (χ3v) is 3.94. The van der Waals surface area contributed by atoms with Crippen molar-refractivity contribution in [3.05, 3.63) is 71.1 Å². The lowest BCUT2D eigenvalue weighted by Crippen LogP contribution is -2.16. The molecule has 24 heavy (non-hydrogen) atoms. The number of carbonyl (C=O) groups excluding carboxylic acids is 1. The maximum atomic E-state index is 11.9. The molecule has 0 atom stereocenters. The third-order valence-electron chi connectivity index (χ3n) is 3.06. The minimum Gasteiger partial charge on any atom is -0.310 e. The van der Waals surface area contributed by atoms with E-state index in [2.05, 4.69) is 20.3 Å². The highest BCUT2D eigenvalue weighted by Gasteiger charge is 2.08. The van der Waals surface area contributed by atoms with Crippen molar-refractivity contribution in [3.63, 3.8) is 0 Å². The van der Waals surface area contributed by atoms with Crippen LogP contribution in [0.25, 0.3) is 11.3 Å². The first kappa shape index (κ1) is 15.9. The standard InChI is InChI=1S/C17H14N4O2S/c22-15-10-13(12-6-2-1-3-7-12)19-17(21-15)24-11-16(23)20-14-8-4-5-9-18-14/h1-10H,11H2,(H,18,20,23)(H,19,21,22). The van der Waals surface area contributed by atoms with E-state index in [4.69, 9.17) is 0 Å². The first-order chi connectivity index (χ1) is 11.7. The molecule has 0 radical (unpaired) electrons. The van der Waals surface area contributed by atoms with Crippen LogP contribution in [-0.4, -0.2) is 26.6 Å². The van der Waals surface area contributed by atoms with Crippen molar-refractivity contribution in [2.45, 2.75) is 5.16 Å². The summed E-state index contributed by atoms with van der Waals surface area (Å²) in [6, 6.07) is 16.1. The van der Waals surface area contributed by atoms with Crippen molar-refractivity contribution in [2.75, 3.05) is 11.1 Å². The second-order valence-corrected chi connectivity index (χ2v) is 5.82. The zero-order chi connectivity index (χ0) is 16.8. The van der Waals surface area contributed by atoms with Crippen molar-refractivity contribution in [1.82, 2.24) is 15.0 Å². The van der Waals surface area contributed by atoms with Crippen molar-refractivity contribution in [1.29, 1.82) is 0 Å². The number of rotatable bonds is 5. The Morgan fingerprint density at radius 1 is 1.12 bits per heavy atom. The van der Waals surface area contributed by atoms with E-state index in [9.17, 15) is 9.59 Å². The van der Waals surface area contributed by atoms with Gasteiger partial charge in [0.25, 0.3) is 5.56 Å². The molecule has 2 N–H and O–H groups in total. The molecule has 1 amide bonds. The van der Waals surface area contributed by atoms with E-state index in [1.807, 2.05) is 30.3 Å². The van der Waals surface area contributed by atoms with Gasteiger partial charge < -0.3 is 10.3 Å². The molecule has 0 saturated carbocycles. The molecule has 0 aliphatic rings. The number of pyridine rings is 1. The summed E-state index contributed by atoms with van der Waals surface area (Å²) < 4.78 is 0. The minimum atomic E-state index is -0.253. The SMILES string of the molecule is O=C(CSc1nc(-c2ccccc2)cc(=O)[nH]1)Nc1ccccn1. The maximum Gasteiger partial charge on any atom is 0.252 e. The van der Waals surface area contributed by atoms with Gasteiger partial charge in [-0.1, -0.05) is 48.2 Å². The molecular formula is C17H14N4O2S. The van der Waals surface area contributed by atoms with E-state index in [-0.39, 0.29) is 17.2 Å². The Kier molecular flexibility index (Phi) is 5.02. The topological polar surface area (TPSA) is 87.7 Å².